The van der Waals surface area contributed by atoms with Crippen molar-refractivity contribution >= 4 is 63.6 Å². The third-order valence-electron chi connectivity index (χ3n) is 5.13. The fraction of sp³-hybridized carbons (Fsp3) is 0. The maximum Gasteiger partial charge on any atom is 0.147 e. The highest BCUT2D eigenvalue weighted by Gasteiger charge is 2.06. The van der Waals surface area contributed by atoms with E-state index >= 15 is 0 Å². The van der Waals surface area contributed by atoms with E-state index < -0.39 is 0 Å². The molecule has 0 aliphatic rings. The second-order valence-corrected chi connectivity index (χ2v) is 7.34. The molecule has 28 heavy (non-hydrogen) atoms. The summed E-state index contributed by atoms with van der Waals surface area (Å²) in [6.07, 6.45) is 0. The van der Waals surface area contributed by atoms with Gasteiger partial charge in [0, 0.05) is 11.1 Å². The van der Waals surface area contributed by atoms with E-state index in [1.54, 1.807) is 0 Å². The second kappa shape index (κ2) is 6.69. The Bertz CT molecular complexity index is 1540. The van der Waals surface area contributed by atoms with Gasteiger partial charge in [0.2, 0.25) is 0 Å². The topological polar surface area (TPSA) is 0 Å². The molecule has 0 aromatic heterocycles. The van der Waals surface area contributed by atoms with E-state index in [-0.39, 0.29) is 0 Å². The van der Waals surface area contributed by atoms with Crippen molar-refractivity contribution in [3.8, 4) is 22.9 Å². The molecule has 124 valence electrons. The van der Waals surface area contributed by atoms with Gasteiger partial charge in [-0.2, -0.15) is 0 Å². The molecule has 5 aromatic carbocycles. The molecule has 0 N–H and O–H groups in total. The smallest absolute Gasteiger partial charge is 0.133 e. The number of rotatable bonds is 0. The van der Waals surface area contributed by atoms with Gasteiger partial charge >= 0.3 is 0 Å². The Morgan fingerprint density at radius 1 is 0.500 bits per heavy atom. The molecule has 5 aromatic rings. The molecule has 2 heteroatoms. The lowest BCUT2D eigenvalue weighted by Crippen LogP contribution is -1.86. The van der Waals surface area contributed by atoms with Crippen LogP contribution >= 0.6 is 0 Å². The van der Waals surface area contributed by atoms with E-state index in [1.165, 1.54) is 32.3 Å². The van der Waals surface area contributed by atoms with Crippen LogP contribution in [-0.4, -0.2) is 20.5 Å². The van der Waals surface area contributed by atoms with Crippen LogP contribution in [0.2, 0.25) is 0 Å². The van der Waals surface area contributed by atoms with Gasteiger partial charge in [0.25, 0.3) is 0 Å². The lowest BCUT2D eigenvalue weighted by molar-refractivity contribution is 1.68. The van der Waals surface area contributed by atoms with E-state index in [1.807, 2.05) is 6.07 Å². The summed E-state index contributed by atoms with van der Waals surface area (Å²) >= 11 is 0. The first-order chi connectivity index (χ1) is 13.7. The van der Waals surface area contributed by atoms with Gasteiger partial charge < -0.3 is 0 Å². The zero-order valence-corrected chi connectivity index (χ0v) is 16.9. The van der Waals surface area contributed by atoms with Crippen molar-refractivity contribution in [2.24, 2.45) is 0 Å². The molecular formula is C26H12Si2. The van der Waals surface area contributed by atoms with Crippen LogP contribution in [0.15, 0.2) is 72.8 Å². The van der Waals surface area contributed by atoms with E-state index in [2.05, 4.69) is 110 Å². The lowest BCUT2D eigenvalue weighted by Gasteiger charge is -2.09. The molecule has 0 heterocycles. The summed E-state index contributed by atoms with van der Waals surface area (Å²) in [5.74, 6) is 6.23. The lowest BCUT2D eigenvalue weighted by atomic mass is 9.95. The van der Waals surface area contributed by atoms with Gasteiger partial charge in [-0.15, -0.1) is 11.1 Å². The highest BCUT2D eigenvalue weighted by molar-refractivity contribution is 6.23. The Morgan fingerprint density at radius 2 is 1.04 bits per heavy atom. The van der Waals surface area contributed by atoms with Crippen molar-refractivity contribution in [3.05, 3.63) is 83.9 Å². The SMILES string of the molecule is [Si]C#Cc1cc(C#C[Si])c2cc3cc4cc5ccccc5cc4cc3cc2c1. The fourth-order valence-electron chi connectivity index (χ4n) is 3.87. The van der Waals surface area contributed by atoms with Crippen molar-refractivity contribution in [2.75, 3.05) is 0 Å². The van der Waals surface area contributed by atoms with Crippen molar-refractivity contribution < 1.29 is 0 Å². The summed E-state index contributed by atoms with van der Waals surface area (Å²) in [6, 6.07) is 26.2. The van der Waals surface area contributed by atoms with Crippen LogP contribution in [0.4, 0.5) is 0 Å². The van der Waals surface area contributed by atoms with E-state index in [4.69, 9.17) is 0 Å². The van der Waals surface area contributed by atoms with Crippen molar-refractivity contribution in [3.63, 3.8) is 0 Å². The molecule has 0 fully saturated rings. The minimum atomic E-state index is 0.943. The number of hydrogen-bond acceptors (Lipinski definition) is 0. The molecule has 0 amide bonds. The van der Waals surface area contributed by atoms with Gasteiger partial charge in [-0.3, -0.25) is 0 Å². The predicted octanol–water partition coefficient (Wildman–Crippen LogP) is 5.25. The fourth-order valence-corrected chi connectivity index (χ4v) is 4.15. The van der Waals surface area contributed by atoms with Gasteiger partial charge in [0.05, 0.1) is 0 Å². The predicted molar refractivity (Wildman–Crippen MR) is 122 cm³/mol. The first kappa shape index (κ1) is 16.8. The van der Waals surface area contributed by atoms with Crippen molar-refractivity contribution in [1.29, 1.82) is 0 Å². The highest BCUT2D eigenvalue weighted by atomic mass is 28.1. The van der Waals surface area contributed by atoms with Crippen molar-refractivity contribution in [2.45, 2.75) is 0 Å². The van der Waals surface area contributed by atoms with Gasteiger partial charge in [0.15, 0.2) is 0 Å². The zero-order valence-electron chi connectivity index (χ0n) is 14.9. The maximum atomic E-state index is 3.28. The third kappa shape index (κ3) is 2.81. The largest absolute Gasteiger partial charge is 0.147 e. The number of benzene rings is 5. The van der Waals surface area contributed by atoms with Crippen LogP contribution < -0.4 is 0 Å². The first-order valence-electron chi connectivity index (χ1n) is 8.95. The average Bonchev–Trinajstić information content (AvgIpc) is 2.70. The maximum absolute atomic E-state index is 3.28. The standard InChI is InChI=1S/C26H12Si2/c27-7-5-17-9-20(6-8-28)26-16-24-14-22-12-19-4-2-1-3-18(19)11-21(22)13-23(24)15-25(26)10-17/h1-4,9-16H. The summed E-state index contributed by atoms with van der Waals surface area (Å²) in [4.78, 5) is 0. The molecule has 6 radical (unpaired) electrons. The summed E-state index contributed by atoms with van der Waals surface area (Å²) in [5.41, 5.74) is 7.54. The minimum Gasteiger partial charge on any atom is -0.133 e. The van der Waals surface area contributed by atoms with E-state index in [9.17, 15) is 0 Å². The molecule has 0 saturated heterocycles. The Hall–Kier alpha value is -3.31. The van der Waals surface area contributed by atoms with Crippen LogP contribution in [-0.2, 0) is 0 Å². The monoisotopic (exact) mass is 380 g/mol. The van der Waals surface area contributed by atoms with Crippen LogP contribution in [0.1, 0.15) is 11.1 Å². The Morgan fingerprint density at radius 3 is 1.64 bits per heavy atom. The van der Waals surface area contributed by atoms with E-state index in [0.29, 0.717) is 0 Å². The summed E-state index contributed by atoms with van der Waals surface area (Å²) in [6.45, 7) is 0. The van der Waals surface area contributed by atoms with Crippen molar-refractivity contribution in [1.82, 2.24) is 0 Å². The minimum absolute atomic E-state index is 0.943. The third-order valence-corrected chi connectivity index (χ3v) is 5.38. The first-order valence-corrected chi connectivity index (χ1v) is 9.95. The highest BCUT2D eigenvalue weighted by Crippen LogP contribution is 2.31. The van der Waals surface area contributed by atoms with Crippen LogP contribution in [0.25, 0.3) is 43.1 Å². The molecule has 0 bridgehead atoms. The molecule has 0 aliphatic heterocycles. The quantitative estimate of drug-likeness (QED) is 0.195. The summed E-state index contributed by atoms with van der Waals surface area (Å²) in [7, 11) is 6.53. The van der Waals surface area contributed by atoms with E-state index in [0.717, 1.165) is 21.9 Å². The summed E-state index contributed by atoms with van der Waals surface area (Å²) < 4.78 is 0. The average molecular weight is 381 g/mol. The molecular weight excluding hydrogens is 368 g/mol. The Labute approximate surface area is 170 Å². The molecule has 5 rings (SSSR count). The van der Waals surface area contributed by atoms with Gasteiger partial charge in [0.1, 0.15) is 20.5 Å². The molecule has 0 spiro atoms. The molecule has 0 atom stereocenters. The zero-order chi connectivity index (χ0) is 19.1. The molecule has 0 saturated carbocycles. The van der Waals surface area contributed by atoms with Gasteiger partial charge in [-0.1, -0.05) is 36.1 Å². The molecule has 0 aliphatic carbocycles. The molecule has 0 nitrogen and oxygen atoms in total. The molecule has 0 unspecified atom stereocenters. The normalized spacial score (nSPS) is 10.6. The van der Waals surface area contributed by atoms with Crippen LogP contribution in [0, 0.1) is 22.9 Å². The Balaban J connectivity index is 1.87. The Kier molecular flexibility index (Phi) is 4.03. The number of hydrogen-bond donors (Lipinski definition) is 0. The number of fused-ring (bicyclic) bond motifs is 4. The summed E-state index contributed by atoms with van der Waals surface area (Å²) in [5, 5.41) is 9.74. The van der Waals surface area contributed by atoms with Gasteiger partial charge in [-0.25, -0.2) is 0 Å². The van der Waals surface area contributed by atoms with Crippen LogP contribution in [0.5, 0.6) is 0 Å². The second-order valence-electron chi connectivity index (χ2n) is 6.84. The van der Waals surface area contributed by atoms with Gasteiger partial charge in [-0.05, 0) is 91.6 Å². The van der Waals surface area contributed by atoms with Crippen LogP contribution in [0.3, 0.4) is 0 Å².